The molecule has 3 N–H and O–H groups in total. The van der Waals surface area contributed by atoms with E-state index in [1.807, 2.05) is 36.4 Å². The van der Waals surface area contributed by atoms with Crippen molar-refractivity contribution in [3.8, 4) is 5.75 Å². The number of nitrogens with one attached hydrogen (secondary N) is 1. The highest BCUT2D eigenvalue weighted by Gasteiger charge is 2.03. The Hall–Kier alpha value is -2.40. The summed E-state index contributed by atoms with van der Waals surface area (Å²) >= 11 is 0. The zero-order chi connectivity index (χ0) is 14.9. The first-order valence-electron chi connectivity index (χ1n) is 6.90. The van der Waals surface area contributed by atoms with E-state index in [1.165, 1.54) is 0 Å². The van der Waals surface area contributed by atoms with E-state index in [0.29, 0.717) is 31.8 Å². The SMILES string of the molecule is NCc1ccc(NC(=O)CCCOc2ccccc2)nc1. The number of para-hydroxylation sites is 1. The van der Waals surface area contributed by atoms with E-state index >= 15 is 0 Å². The molecule has 0 spiro atoms. The topological polar surface area (TPSA) is 77.2 Å². The molecule has 1 amide bonds. The van der Waals surface area contributed by atoms with Crippen molar-refractivity contribution in [3.05, 3.63) is 54.2 Å². The molecule has 0 atom stereocenters. The van der Waals surface area contributed by atoms with Crippen LogP contribution in [0, 0.1) is 0 Å². The van der Waals surface area contributed by atoms with Gasteiger partial charge in [-0.25, -0.2) is 4.98 Å². The summed E-state index contributed by atoms with van der Waals surface area (Å²) in [5, 5.41) is 2.75. The Morgan fingerprint density at radius 2 is 2.00 bits per heavy atom. The number of aromatic nitrogens is 1. The Kier molecular flexibility index (Phi) is 5.72. The van der Waals surface area contributed by atoms with Crippen LogP contribution in [0.4, 0.5) is 5.82 Å². The van der Waals surface area contributed by atoms with Gasteiger partial charge in [0.2, 0.25) is 5.91 Å². The normalized spacial score (nSPS) is 10.1. The maximum Gasteiger partial charge on any atom is 0.225 e. The molecule has 0 bridgehead atoms. The molecular formula is C16H19N3O2. The van der Waals surface area contributed by atoms with Crippen LogP contribution in [0.3, 0.4) is 0 Å². The molecule has 5 nitrogen and oxygen atoms in total. The van der Waals surface area contributed by atoms with Gasteiger partial charge in [-0.2, -0.15) is 0 Å². The van der Waals surface area contributed by atoms with Crippen molar-refractivity contribution in [3.63, 3.8) is 0 Å². The lowest BCUT2D eigenvalue weighted by Crippen LogP contribution is -2.14. The lowest BCUT2D eigenvalue weighted by molar-refractivity contribution is -0.116. The average molecular weight is 285 g/mol. The zero-order valence-corrected chi connectivity index (χ0v) is 11.8. The number of hydrogen-bond acceptors (Lipinski definition) is 4. The Balaban J connectivity index is 1.67. The summed E-state index contributed by atoms with van der Waals surface area (Å²) in [6, 6.07) is 13.1. The molecular weight excluding hydrogens is 266 g/mol. The molecule has 1 heterocycles. The number of benzene rings is 1. The van der Waals surface area contributed by atoms with Gasteiger partial charge in [0.1, 0.15) is 11.6 Å². The quantitative estimate of drug-likeness (QED) is 0.765. The third-order valence-electron chi connectivity index (χ3n) is 2.89. The summed E-state index contributed by atoms with van der Waals surface area (Å²) in [7, 11) is 0. The molecule has 5 heteroatoms. The third-order valence-corrected chi connectivity index (χ3v) is 2.89. The number of ether oxygens (including phenoxy) is 1. The van der Waals surface area contributed by atoms with E-state index in [9.17, 15) is 4.79 Å². The highest BCUT2D eigenvalue weighted by molar-refractivity contribution is 5.89. The zero-order valence-electron chi connectivity index (χ0n) is 11.8. The van der Waals surface area contributed by atoms with Crippen LogP contribution in [0.1, 0.15) is 18.4 Å². The molecule has 1 aromatic heterocycles. The second kappa shape index (κ2) is 8.01. The third kappa shape index (κ3) is 5.24. The number of carbonyl (C=O) groups excluding carboxylic acids is 1. The number of hydrogen-bond donors (Lipinski definition) is 2. The van der Waals surface area contributed by atoms with E-state index in [0.717, 1.165) is 11.3 Å². The van der Waals surface area contributed by atoms with Crippen molar-refractivity contribution in [1.29, 1.82) is 0 Å². The van der Waals surface area contributed by atoms with Gasteiger partial charge in [-0.05, 0) is 30.2 Å². The summed E-state index contributed by atoms with van der Waals surface area (Å²) in [6.07, 6.45) is 2.71. The minimum Gasteiger partial charge on any atom is -0.494 e. The first-order valence-corrected chi connectivity index (χ1v) is 6.90. The standard InChI is InChI=1S/C16H19N3O2/c17-11-13-8-9-15(18-12-13)19-16(20)7-4-10-21-14-5-2-1-3-6-14/h1-3,5-6,8-9,12H,4,7,10-11,17H2,(H,18,19,20). The molecule has 0 unspecified atom stereocenters. The minimum absolute atomic E-state index is 0.0698. The van der Waals surface area contributed by atoms with Gasteiger partial charge in [0.05, 0.1) is 6.61 Å². The van der Waals surface area contributed by atoms with Crippen LogP contribution in [-0.2, 0) is 11.3 Å². The minimum atomic E-state index is -0.0698. The van der Waals surface area contributed by atoms with E-state index < -0.39 is 0 Å². The summed E-state index contributed by atoms with van der Waals surface area (Å²) < 4.78 is 5.53. The van der Waals surface area contributed by atoms with Crippen LogP contribution in [-0.4, -0.2) is 17.5 Å². The van der Waals surface area contributed by atoms with Crippen molar-refractivity contribution < 1.29 is 9.53 Å². The summed E-state index contributed by atoms with van der Waals surface area (Å²) in [6.45, 7) is 0.953. The number of amides is 1. The molecule has 2 aromatic rings. The molecule has 0 saturated carbocycles. The number of anilines is 1. The molecule has 21 heavy (non-hydrogen) atoms. The highest BCUT2D eigenvalue weighted by atomic mass is 16.5. The second-order valence-electron chi connectivity index (χ2n) is 4.57. The second-order valence-corrected chi connectivity index (χ2v) is 4.57. The summed E-state index contributed by atoms with van der Waals surface area (Å²) in [4.78, 5) is 15.9. The van der Waals surface area contributed by atoms with E-state index in [2.05, 4.69) is 10.3 Å². The van der Waals surface area contributed by atoms with Gasteiger partial charge in [0, 0.05) is 19.2 Å². The van der Waals surface area contributed by atoms with Crippen LogP contribution in [0.5, 0.6) is 5.75 Å². The molecule has 0 saturated heterocycles. The van der Waals surface area contributed by atoms with Gasteiger partial charge in [-0.15, -0.1) is 0 Å². The summed E-state index contributed by atoms with van der Waals surface area (Å²) in [5.41, 5.74) is 6.42. The average Bonchev–Trinajstić information content (AvgIpc) is 2.53. The van der Waals surface area contributed by atoms with Crippen LogP contribution in [0.2, 0.25) is 0 Å². The Morgan fingerprint density at radius 1 is 1.19 bits per heavy atom. The van der Waals surface area contributed by atoms with E-state index in [1.54, 1.807) is 12.3 Å². The van der Waals surface area contributed by atoms with Crippen LogP contribution >= 0.6 is 0 Å². The molecule has 1 aromatic carbocycles. The molecule has 2 rings (SSSR count). The first-order chi connectivity index (χ1) is 10.3. The number of nitrogens with zero attached hydrogens (tertiary/aromatic N) is 1. The maximum absolute atomic E-state index is 11.7. The molecule has 0 radical (unpaired) electrons. The van der Waals surface area contributed by atoms with Gasteiger partial charge in [0.15, 0.2) is 0 Å². The number of pyridine rings is 1. The highest BCUT2D eigenvalue weighted by Crippen LogP contribution is 2.09. The van der Waals surface area contributed by atoms with Crippen LogP contribution in [0.15, 0.2) is 48.7 Å². The first kappa shape index (κ1) is 15.0. The Morgan fingerprint density at radius 3 is 2.67 bits per heavy atom. The van der Waals surface area contributed by atoms with Gasteiger partial charge in [-0.1, -0.05) is 24.3 Å². The van der Waals surface area contributed by atoms with Gasteiger partial charge in [-0.3, -0.25) is 4.79 Å². The van der Waals surface area contributed by atoms with Crippen molar-refractivity contribution in [2.75, 3.05) is 11.9 Å². The summed E-state index contributed by atoms with van der Waals surface area (Å²) in [5.74, 6) is 1.29. The number of rotatable bonds is 7. The molecule has 0 aliphatic carbocycles. The van der Waals surface area contributed by atoms with E-state index in [-0.39, 0.29) is 5.91 Å². The van der Waals surface area contributed by atoms with Crippen molar-refractivity contribution in [1.82, 2.24) is 4.98 Å². The van der Waals surface area contributed by atoms with Crippen molar-refractivity contribution in [2.45, 2.75) is 19.4 Å². The van der Waals surface area contributed by atoms with Crippen molar-refractivity contribution in [2.24, 2.45) is 5.73 Å². The fraction of sp³-hybridized carbons (Fsp3) is 0.250. The fourth-order valence-electron chi connectivity index (χ4n) is 1.76. The number of nitrogens with two attached hydrogens (primary N) is 1. The van der Waals surface area contributed by atoms with Crippen LogP contribution in [0.25, 0.3) is 0 Å². The van der Waals surface area contributed by atoms with Gasteiger partial charge >= 0.3 is 0 Å². The van der Waals surface area contributed by atoms with Crippen molar-refractivity contribution >= 4 is 11.7 Å². The molecule has 0 fully saturated rings. The lowest BCUT2D eigenvalue weighted by atomic mass is 10.2. The monoisotopic (exact) mass is 285 g/mol. The lowest BCUT2D eigenvalue weighted by Gasteiger charge is -2.07. The van der Waals surface area contributed by atoms with Crippen LogP contribution < -0.4 is 15.8 Å². The number of carbonyl (C=O) groups is 1. The maximum atomic E-state index is 11.7. The fourth-order valence-corrected chi connectivity index (χ4v) is 1.76. The van der Waals surface area contributed by atoms with Gasteiger partial charge in [0.25, 0.3) is 0 Å². The molecule has 0 aliphatic rings. The van der Waals surface area contributed by atoms with Gasteiger partial charge < -0.3 is 15.8 Å². The Labute approximate surface area is 124 Å². The predicted molar refractivity (Wildman–Crippen MR) is 81.9 cm³/mol. The smallest absolute Gasteiger partial charge is 0.225 e. The Bertz CT molecular complexity index is 555. The largest absolute Gasteiger partial charge is 0.494 e. The predicted octanol–water partition coefficient (Wildman–Crippen LogP) is 2.34. The molecule has 110 valence electrons. The van der Waals surface area contributed by atoms with E-state index in [4.69, 9.17) is 10.5 Å². The molecule has 0 aliphatic heterocycles.